The van der Waals surface area contributed by atoms with Crippen LogP contribution in [0.5, 0.6) is 0 Å². The Labute approximate surface area is 127 Å². The van der Waals surface area contributed by atoms with E-state index in [1.807, 2.05) is 6.20 Å². The van der Waals surface area contributed by atoms with Gasteiger partial charge < -0.3 is 10.2 Å². The summed E-state index contributed by atoms with van der Waals surface area (Å²) in [4.78, 5) is 14.3. The summed E-state index contributed by atoms with van der Waals surface area (Å²) in [5.41, 5.74) is 1.18. The zero-order valence-electron chi connectivity index (χ0n) is 13.3. The lowest BCUT2D eigenvalue weighted by atomic mass is 9.99. The molecule has 0 amide bonds. The third-order valence-corrected chi connectivity index (χ3v) is 4.61. The molecular formula is C16H27N5. The van der Waals surface area contributed by atoms with Gasteiger partial charge >= 0.3 is 0 Å². The highest BCUT2D eigenvalue weighted by atomic mass is 15.3. The van der Waals surface area contributed by atoms with Crippen LogP contribution in [0.4, 0.5) is 11.8 Å². The summed E-state index contributed by atoms with van der Waals surface area (Å²) in [5.74, 6) is 1.89. The Kier molecular flexibility index (Phi) is 4.58. The number of aromatic nitrogens is 2. The molecule has 1 unspecified atom stereocenters. The molecule has 0 bridgehead atoms. The van der Waals surface area contributed by atoms with E-state index in [1.165, 1.54) is 37.9 Å². The van der Waals surface area contributed by atoms with Crippen molar-refractivity contribution in [2.24, 2.45) is 0 Å². The Hall–Kier alpha value is -1.36. The molecule has 0 radical (unpaired) electrons. The number of anilines is 2. The highest BCUT2D eigenvalue weighted by molar-refractivity contribution is 5.49. The van der Waals surface area contributed by atoms with E-state index in [0.29, 0.717) is 6.04 Å². The third-order valence-electron chi connectivity index (χ3n) is 4.61. The monoisotopic (exact) mass is 289 g/mol. The van der Waals surface area contributed by atoms with Crippen molar-refractivity contribution >= 4 is 11.8 Å². The number of aryl methyl sites for hydroxylation is 1. The molecule has 2 aliphatic heterocycles. The number of fused-ring (bicyclic) bond motifs is 1. The van der Waals surface area contributed by atoms with Gasteiger partial charge in [-0.05, 0) is 32.7 Å². The molecule has 2 aliphatic rings. The summed E-state index contributed by atoms with van der Waals surface area (Å²) in [6.07, 6.45) is 7.12. The second-order valence-electron chi connectivity index (χ2n) is 6.26. The molecule has 116 valence electrons. The average molecular weight is 289 g/mol. The second-order valence-corrected chi connectivity index (χ2v) is 6.26. The number of piperidine rings is 1. The number of piperazine rings is 1. The molecule has 0 spiro atoms. The van der Waals surface area contributed by atoms with E-state index in [2.05, 4.69) is 33.9 Å². The Morgan fingerprint density at radius 2 is 2.19 bits per heavy atom. The lowest BCUT2D eigenvalue weighted by molar-refractivity contribution is 0.133. The Bertz CT molecular complexity index is 476. The van der Waals surface area contributed by atoms with Crippen LogP contribution in [0, 0.1) is 6.92 Å². The molecule has 21 heavy (non-hydrogen) atoms. The van der Waals surface area contributed by atoms with E-state index in [4.69, 9.17) is 4.98 Å². The van der Waals surface area contributed by atoms with Crippen molar-refractivity contribution in [3.05, 3.63) is 11.8 Å². The molecule has 2 fully saturated rings. The van der Waals surface area contributed by atoms with E-state index in [1.54, 1.807) is 0 Å². The number of hydrogen-bond acceptors (Lipinski definition) is 5. The van der Waals surface area contributed by atoms with Crippen LogP contribution in [0.3, 0.4) is 0 Å². The first kappa shape index (κ1) is 14.6. The molecule has 1 aromatic heterocycles. The quantitative estimate of drug-likeness (QED) is 0.921. The summed E-state index contributed by atoms with van der Waals surface area (Å²) < 4.78 is 0. The van der Waals surface area contributed by atoms with Gasteiger partial charge in [-0.15, -0.1) is 0 Å². The molecule has 0 aromatic carbocycles. The van der Waals surface area contributed by atoms with E-state index in [9.17, 15) is 0 Å². The van der Waals surface area contributed by atoms with Crippen LogP contribution in [0.25, 0.3) is 0 Å². The summed E-state index contributed by atoms with van der Waals surface area (Å²) in [6, 6.07) is 0.717. The largest absolute Gasteiger partial charge is 0.354 e. The minimum absolute atomic E-state index is 0.717. The smallest absolute Gasteiger partial charge is 0.224 e. The van der Waals surface area contributed by atoms with Crippen LogP contribution in [-0.4, -0.2) is 53.6 Å². The molecule has 0 aliphatic carbocycles. The van der Waals surface area contributed by atoms with Crippen LogP contribution < -0.4 is 10.2 Å². The molecule has 5 heteroatoms. The number of nitrogens with one attached hydrogen (secondary N) is 1. The fraction of sp³-hybridized carbons (Fsp3) is 0.750. The standard InChI is InChI=1S/C16H27N5/c1-3-7-17-16-18-11-13(2)15(19-16)21-10-9-20-8-5-4-6-14(20)12-21/h11,14H,3-10,12H2,1-2H3,(H,17,18,19). The molecule has 1 aromatic rings. The zero-order chi connectivity index (χ0) is 14.7. The van der Waals surface area contributed by atoms with Crippen LogP contribution in [-0.2, 0) is 0 Å². The Balaban J connectivity index is 1.73. The van der Waals surface area contributed by atoms with Gasteiger partial charge in [-0.3, -0.25) is 4.90 Å². The molecule has 3 heterocycles. The predicted molar refractivity (Wildman–Crippen MR) is 87.0 cm³/mol. The first-order valence-corrected chi connectivity index (χ1v) is 8.34. The van der Waals surface area contributed by atoms with Crippen molar-refractivity contribution in [3.63, 3.8) is 0 Å². The zero-order valence-corrected chi connectivity index (χ0v) is 13.3. The maximum atomic E-state index is 4.76. The summed E-state index contributed by atoms with van der Waals surface area (Å²) in [5, 5.41) is 3.30. The van der Waals surface area contributed by atoms with Gasteiger partial charge in [0, 0.05) is 44.0 Å². The molecular weight excluding hydrogens is 262 g/mol. The van der Waals surface area contributed by atoms with Gasteiger partial charge in [0.15, 0.2) is 0 Å². The maximum absolute atomic E-state index is 4.76. The van der Waals surface area contributed by atoms with Gasteiger partial charge in [-0.1, -0.05) is 13.3 Å². The molecule has 0 saturated carbocycles. The van der Waals surface area contributed by atoms with Crippen molar-refractivity contribution < 1.29 is 0 Å². The number of nitrogens with zero attached hydrogens (tertiary/aromatic N) is 4. The minimum Gasteiger partial charge on any atom is -0.354 e. The molecule has 1 atom stereocenters. The lowest BCUT2D eigenvalue weighted by Crippen LogP contribution is -2.55. The van der Waals surface area contributed by atoms with Gasteiger partial charge in [-0.2, -0.15) is 4.98 Å². The van der Waals surface area contributed by atoms with Crippen LogP contribution in [0.15, 0.2) is 6.20 Å². The lowest BCUT2D eigenvalue weighted by Gasteiger charge is -2.44. The molecule has 5 nitrogen and oxygen atoms in total. The topological polar surface area (TPSA) is 44.3 Å². The van der Waals surface area contributed by atoms with Crippen molar-refractivity contribution in [1.82, 2.24) is 14.9 Å². The third kappa shape index (κ3) is 3.28. The average Bonchev–Trinajstić information content (AvgIpc) is 2.53. The first-order chi connectivity index (χ1) is 10.3. The van der Waals surface area contributed by atoms with Crippen LogP contribution in [0.1, 0.15) is 38.2 Å². The fourth-order valence-corrected chi connectivity index (χ4v) is 3.42. The molecule has 1 N–H and O–H groups in total. The van der Waals surface area contributed by atoms with E-state index in [-0.39, 0.29) is 0 Å². The van der Waals surface area contributed by atoms with Crippen molar-refractivity contribution in [3.8, 4) is 0 Å². The van der Waals surface area contributed by atoms with Gasteiger partial charge in [0.05, 0.1) is 0 Å². The van der Waals surface area contributed by atoms with Crippen molar-refractivity contribution in [2.45, 2.75) is 45.6 Å². The molecule has 3 rings (SSSR count). The summed E-state index contributed by atoms with van der Waals surface area (Å²) in [6.45, 7) is 9.86. The SMILES string of the molecule is CCCNc1ncc(C)c(N2CCN3CCCCC3C2)n1. The van der Waals surface area contributed by atoms with E-state index in [0.717, 1.165) is 37.8 Å². The summed E-state index contributed by atoms with van der Waals surface area (Å²) in [7, 11) is 0. The second kappa shape index (κ2) is 6.60. The van der Waals surface area contributed by atoms with Gasteiger partial charge in [0.2, 0.25) is 5.95 Å². The highest BCUT2D eigenvalue weighted by Crippen LogP contribution is 2.26. The van der Waals surface area contributed by atoms with Gasteiger partial charge in [-0.25, -0.2) is 4.98 Å². The van der Waals surface area contributed by atoms with Gasteiger partial charge in [0.25, 0.3) is 0 Å². The fourth-order valence-electron chi connectivity index (χ4n) is 3.42. The van der Waals surface area contributed by atoms with E-state index >= 15 is 0 Å². The molecule has 2 saturated heterocycles. The minimum atomic E-state index is 0.717. The van der Waals surface area contributed by atoms with Gasteiger partial charge in [0.1, 0.15) is 5.82 Å². The predicted octanol–water partition coefficient (Wildman–Crippen LogP) is 2.28. The maximum Gasteiger partial charge on any atom is 0.224 e. The number of rotatable bonds is 4. The first-order valence-electron chi connectivity index (χ1n) is 8.34. The highest BCUT2D eigenvalue weighted by Gasteiger charge is 2.30. The van der Waals surface area contributed by atoms with Crippen LogP contribution in [0.2, 0.25) is 0 Å². The van der Waals surface area contributed by atoms with Crippen molar-refractivity contribution in [2.75, 3.05) is 42.9 Å². The van der Waals surface area contributed by atoms with Crippen LogP contribution >= 0.6 is 0 Å². The van der Waals surface area contributed by atoms with Crippen molar-refractivity contribution in [1.29, 1.82) is 0 Å². The number of hydrogen-bond donors (Lipinski definition) is 1. The summed E-state index contributed by atoms with van der Waals surface area (Å²) >= 11 is 0. The van der Waals surface area contributed by atoms with E-state index < -0.39 is 0 Å². The Morgan fingerprint density at radius 1 is 1.29 bits per heavy atom. The Morgan fingerprint density at radius 3 is 3.05 bits per heavy atom. The normalized spacial score (nSPS) is 23.0.